The minimum absolute atomic E-state index is 0.406. The number of para-hydroxylation sites is 1. The van der Waals surface area contributed by atoms with Gasteiger partial charge >= 0.3 is 0 Å². The van der Waals surface area contributed by atoms with Crippen molar-refractivity contribution in [1.29, 1.82) is 0 Å². The molecular formula is C13H16ClN5. The summed E-state index contributed by atoms with van der Waals surface area (Å²) in [5, 5.41) is 12.5. The van der Waals surface area contributed by atoms with E-state index < -0.39 is 0 Å². The van der Waals surface area contributed by atoms with Crippen LogP contribution in [0.1, 0.15) is 32.2 Å². The van der Waals surface area contributed by atoms with Crippen molar-refractivity contribution >= 4 is 17.3 Å². The molecule has 3 rings (SSSR count). The van der Waals surface area contributed by atoms with Gasteiger partial charge in [-0.15, -0.1) is 5.10 Å². The highest BCUT2D eigenvalue weighted by Crippen LogP contribution is 2.47. The lowest BCUT2D eigenvalue weighted by Crippen LogP contribution is -2.03. The Balaban J connectivity index is 1.95. The first kappa shape index (κ1) is 12.4. The molecule has 19 heavy (non-hydrogen) atoms. The minimum atomic E-state index is 0.406. The van der Waals surface area contributed by atoms with Crippen molar-refractivity contribution < 1.29 is 0 Å². The summed E-state index contributed by atoms with van der Waals surface area (Å²) in [6, 6.07) is 5.94. The molecule has 0 radical (unpaired) electrons. The van der Waals surface area contributed by atoms with Crippen molar-refractivity contribution in [2.75, 3.05) is 5.73 Å². The molecule has 2 unspecified atom stereocenters. The van der Waals surface area contributed by atoms with Gasteiger partial charge in [-0.25, -0.2) is 4.68 Å². The zero-order valence-corrected chi connectivity index (χ0v) is 11.5. The van der Waals surface area contributed by atoms with E-state index in [2.05, 4.69) is 22.4 Å². The molecule has 2 atom stereocenters. The largest absolute Gasteiger partial charge is 0.397 e. The van der Waals surface area contributed by atoms with Gasteiger partial charge in [0.15, 0.2) is 5.82 Å². The highest BCUT2D eigenvalue weighted by atomic mass is 35.5. The Labute approximate surface area is 116 Å². The molecule has 0 spiro atoms. The van der Waals surface area contributed by atoms with Crippen LogP contribution in [0.4, 0.5) is 5.69 Å². The van der Waals surface area contributed by atoms with Crippen molar-refractivity contribution in [3.63, 3.8) is 0 Å². The summed E-state index contributed by atoms with van der Waals surface area (Å²) in [5.74, 6) is 1.40. The molecule has 1 aromatic heterocycles. The first-order valence-electron chi connectivity index (χ1n) is 6.54. The Morgan fingerprint density at radius 1 is 1.47 bits per heavy atom. The van der Waals surface area contributed by atoms with Gasteiger partial charge in [-0.2, -0.15) is 0 Å². The van der Waals surface area contributed by atoms with Crippen LogP contribution in [-0.2, 0) is 0 Å². The van der Waals surface area contributed by atoms with E-state index in [1.807, 2.05) is 16.8 Å². The van der Waals surface area contributed by atoms with Crippen molar-refractivity contribution in [3.8, 4) is 11.4 Å². The fourth-order valence-corrected chi connectivity index (χ4v) is 2.71. The number of nitrogens with zero attached hydrogens (tertiary/aromatic N) is 4. The lowest BCUT2D eigenvalue weighted by molar-refractivity contribution is 0.548. The molecule has 6 heteroatoms. The summed E-state index contributed by atoms with van der Waals surface area (Å²) in [7, 11) is 0. The Morgan fingerprint density at radius 3 is 3.11 bits per heavy atom. The standard InChI is InChI=1S/C13H16ClN5/c1-2-4-8-7-11(8)19-13(16-17-18-19)9-5-3-6-10(14)12(9)15/h3,5-6,8,11H,2,4,7,15H2,1H3. The van der Waals surface area contributed by atoms with Gasteiger partial charge < -0.3 is 5.73 Å². The maximum Gasteiger partial charge on any atom is 0.184 e. The van der Waals surface area contributed by atoms with Crippen LogP contribution in [0.2, 0.25) is 5.02 Å². The lowest BCUT2D eigenvalue weighted by atomic mass is 10.1. The summed E-state index contributed by atoms with van der Waals surface area (Å²) < 4.78 is 1.89. The molecule has 2 N–H and O–H groups in total. The molecule has 1 heterocycles. The average Bonchev–Trinajstić information content (AvgIpc) is 2.99. The first-order chi connectivity index (χ1) is 9.22. The second-order valence-electron chi connectivity index (χ2n) is 5.00. The van der Waals surface area contributed by atoms with Crippen LogP contribution in [0.15, 0.2) is 18.2 Å². The number of hydrogen-bond acceptors (Lipinski definition) is 4. The van der Waals surface area contributed by atoms with E-state index in [-0.39, 0.29) is 0 Å². The molecule has 1 saturated carbocycles. The summed E-state index contributed by atoms with van der Waals surface area (Å²) in [5.41, 5.74) is 7.36. The topological polar surface area (TPSA) is 69.6 Å². The van der Waals surface area contributed by atoms with E-state index in [1.54, 1.807) is 6.07 Å². The number of anilines is 1. The lowest BCUT2D eigenvalue weighted by Gasteiger charge is -2.07. The van der Waals surface area contributed by atoms with Gasteiger partial charge in [-0.1, -0.05) is 31.0 Å². The van der Waals surface area contributed by atoms with E-state index >= 15 is 0 Å². The number of tetrazole rings is 1. The fourth-order valence-electron chi connectivity index (χ4n) is 2.54. The summed E-state index contributed by atoms with van der Waals surface area (Å²) >= 11 is 6.05. The second kappa shape index (κ2) is 4.81. The van der Waals surface area contributed by atoms with E-state index in [9.17, 15) is 0 Å². The quantitative estimate of drug-likeness (QED) is 0.873. The maximum atomic E-state index is 6.05. The van der Waals surface area contributed by atoms with Gasteiger partial charge in [0.1, 0.15) is 0 Å². The molecular weight excluding hydrogens is 262 g/mol. The number of halogens is 1. The van der Waals surface area contributed by atoms with Gasteiger partial charge in [-0.3, -0.25) is 0 Å². The zero-order chi connectivity index (χ0) is 13.4. The maximum absolute atomic E-state index is 6.05. The first-order valence-corrected chi connectivity index (χ1v) is 6.92. The van der Waals surface area contributed by atoms with E-state index in [1.165, 1.54) is 12.8 Å². The molecule has 1 aliphatic rings. The van der Waals surface area contributed by atoms with Crippen LogP contribution in [0.3, 0.4) is 0 Å². The van der Waals surface area contributed by atoms with Crippen LogP contribution in [0.5, 0.6) is 0 Å². The molecule has 0 saturated heterocycles. The number of rotatable bonds is 4. The minimum Gasteiger partial charge on any atom is -0.397 e. The fraction of sp³-hybridized carbons (Fsp3) is 0.462. The molecule has 1 fully saturated rings. The molecule has 1 aliphatic carbocycles. The molecule has 0 aliphatic heterocycles. The Kier molecular flexibility index (Phi) is 3.14. The summed E-state index contributed by atoms with van der Waals surface area (Å²) in [4.78, 5) is 0. The van der Waals surface area contributed by atoms with Gasteiger partial charge in [0.25, 0.3) is 0 Å². The van der Waals surface area contributed by atoms with Gasteiger partial charge in [0.2, 0.25) is 0 Å². The van der Waals surface area contributed by atoms with Gasteiger partial charge in [0, 0.05) is 5.56 Å². The molecule has 2 aromatic rings. The van der Waals surface area contributed by atoms with Crippen molar-refractivity contribution in [3.05, 3.63) is 23.2 Å². The normalized spacial score (nSPS) is 21.6. The molecule has 1 aromatic carbocycles. The summed E-state index contributed by atoms with van der Waals surface area (Å²) in [6.45, 7) is 2.20. The van der Waals surface area contributed by atoms with Crippen molar-refractivity contribution in [1.82, 2.24) is 20.2 Å². The molecule has 100 valence electrons. The summed E-state index contributed by atoms with van der Waals surface area (Å²) in [6.07, 6.45) is 3.55. The third kappa shape index (κ3) is 2.18. The number of benzene rings is 1. The van der Waals surface area contributed by atoms with E-state index in [0.717, 1.165) is 12.0 Å². The highest BCUT2D eigenvalue weighted by molar-refractivity contribution is 6.33. The zero-order valence-electron chi connectivity index (χ0n) is 10.8. The second-order valence-corrected chi connectivity index (χ2v) is 5.41. The van der Waals surface area contributed by atoms with Gasteiger partial charge in [-0.05, 0) is 41.3 Å². The number of nitrogens with two attached hydrogens (primary N) is 1. The predicted molar refractivity (Wildman–Crippen MR) is 74.7 cm³/mol. The number of aromatic nitrogens is 4. The SMILES string of the molecule is CCCC1CC1n1nnnc1-c1cccc(Cl)c1N. The predicted octanol–water partition coefficient (Wildman–Crippen LogP) is 2.94. The van der Waals surface area contributed by atoms with Crippen LogP contribution in [0, 0.1) is 5.92 Å². The Hall–Kier alpha value is -1.62. The number of nitrogen functional groups attached to an aromatic ring is 1. The Bertz CT molecular complexity index is 594. The smallest absolute Gasteiger partial charge is 0.184 e. The van der Waals surface area contributed by atoms with Crippen molar-refractivity contribution in [2.24, 2.45) is 5.92 Å². The van der Waals surface area contributed by atoms with Crippen LogP contribution < -0.4 is 5.73 Å². The van der Waals surface area contributed by atoms with E-state index in [0.29, 0.717) is 28.5 Å². The van der Waals surface area contributed by atoms with Crippen LogP contribution >= 0.6 is 11.6 Å². The monoisotopic (exact) mass is 277 g/mol. The molecule has 0 bridgehead atoms. The van der Waals surface area contributed by atoms with Crippen molar-refractivity contribution in [2.45, 2.75) is 32.2 Å². The molecule has 5 nitrogen and oxygen atoms in total. The number of hydrogen-bond donors (Lipinski definition) is 1. The van der Waals surface area contributed by atoms with Gasteiger partial charge in [0.05, 0.1) is 16.8 Å². The Morgan fingerprint density at radius 2 is 2.32 bits per heavy atom. The average molecular weight is 278 g/mol. The van der Waals surface area contributed by atoms with Crippen LogP contribution in [0.25, 0.3) is 11.4 Å². The third-order valence-electron chi connectivity index (χ3n) is 3.65. The van der Waals surface area contributed by atoms with E-state index in [4.69, 9.17) is 17.3 Å². The van der Waals surface area contributed by atoms with Crippen LogP contribution in [-0.4, -0.2) is 20.2 Å². The third-order valence-corrected chi connectivity index (χ3v) is 3.98. The highest BCUT2D eigenvalue weighted by Gasteiger charge is 2.40. The molecule has 0 amide bonds.